The van der Waals surface area contributed by atoms with E-state index in [-0.39, 0.29) is 33.8 Å². The molecule has 0 saturated carbocycles. The van der Waals surface area contributed by atoms with Crippen molar-refractivity contribution < 1.29 is 15.0 Å². The first kappa shape index (κ1) is 19.1. The highest BCUT2D eigenvalue weighted by Crippen LogP contribution is 2.30. The van der Waals surface area contributed by atoms with Crippen LogP contribution in [0.2, 0.25) is 0 Å². The van der Waals surface area contributed by atoms with Gasteiger partial charge in [-0.05, 0) is 36.4 Å². The Morgan fingerprint density at radius 1 is 1.20 bits per heavy atom. The van der Waals surface area contributed by atoms with Gasteiger partial charge in [0.2, 0.25) is 5.91 Å². The summed E-state index contributed by atoms with van der Waals surface area (Å²) in [5.41, 5.74) is 0.917. The van der Waals surface area contributed by atoms with E-state index in [2.05, 4.69) is 10.2 Å². The third kappa shape index (κ3) is 5.10. The molecule has 1 aliphatic rings. The zero-order chi connectivity index (χ0) is 18.6. The van der Waals surface area contributed by atoms with Gasteiger partial charge in [0.1, 0.15) is 0 Å². The van der Waals surface area contributed by atoms with Gasteiger partial charge in [-0.2, -0.15) is 0 Å². The van der Waals surface area contributed by atoms with Crippen molar-refractivity contribution in [2.45, 2.75) is 19.9 Å². The average molecular weight is 365 g/mol. The highest BCUT2D eigenvalue weighted by Gasteiger charge is 2.24. The van der Waals surface area contributed by atoms with Crippen molar-refractivity contribution in [1.82, 2.24) is 15.1 Å². The van der Waals surface area contributed by atoms with Gasteiger partial charge in [0.15, 0.2) is 21.8 Å². The summed E-state index contributed by atoms with van der Waals surface area (Å²) in [7, 11) is 0. The van der Waals surface area contributed by atoms with Gasteiger partial charge in [-0.15, -0.1) is 0 Å². The number of aromatic hydroxyl groups is 2. The molecule has 1 unspecified atom stereocenters. The number of rotatable bonds is 2. The third-order valence-corrected chi connectivity index (χ3v) is 4.88. The summed E-state index contributed by atoms with van der Waals surface area (Å²) in [6, 6.07) is 4.92. The van der Waals surface area contributed by atoms with Crippen LogP contribution in [0.1, 0.15) is 25.5 Å². The molecule has 1 aromatic carbocycles. The van der Waals surface area contributed by atoms with Crippen LogP contribution in [-0.2, 0) is 4.79 Å². The maximum atomic E-state index is 10.9. The second-order valence-electron chi connectivity index (χ2n) is 5.86. The number of hydrogen-bond donors (Lipinski definition) is 5. The second-order valence-corrected chi connectivity index (χ2v) is 6.86. The number of benzene rings is 1. The number of amidine groups is 2. The monoisotopic (exact) mass is 365 g/mol. The Bertz CT molecular complexity index is 674. The fourth-order valence-corrected chi connectivity index (χ4v) is 3.37. The lowest BCUT2D eigenvalue weighted by atomic mass is 10.1. The van der Waals surface area contributed by atoms with Gasteiger partial charge < -0.3 is 20.4 Å². The summed E-state index contributed by atoms with van der Waals surface area (Å²) < 4.78 is 0. The number of nitrogens with zero attached hydrogens (tertiary/aromatic N) is 2. The van der Waals surface area contributed by atoms with Crippen LogP contribution in [-0.4, -0.2) is 62.4 Å². The van der Waals surface area contributed by atoms with Crippen LogP contribution in [0.4, 0.5) is 0 Å². The fraction of sp³-hybridized carbons (Fsp3) is 0.438. The van der Waals surface area contributed by atoms with Gasteiger partial charge in [0, 0.05) is 39.1 Å². The normalized spacial score (nSPS) is 16.3. The molecule has 1 heterocycles. The average Bonchev–Trinajstić information content (AvgIpc) is 2.56. The minimum atomic E-state index is -0.318. The number of phenols is 2. The molecule has 2 rings (SSSR count). The molecule has 0 aliphatic carbocycles. The number of thioether (sulfide) groups is 1. The summed E-state index contributed by atoms with van der Waals surface area (Å²) in [6.45, 7) is 6.13. The number of piperazine rings is 1. The maximum absolute atomic E-state index is 10.9. The van der Waals surface area contributed by atoms with E-state index in [1.165, 1.54) is 13.0 Å². The zero-order valence-electron chi connectivity index (χ0n) is 14.2. The first-order valence-corrected chi connectivity index (χ1v) is 8.73. The number of amides is 1. The van der Waals surface area contributed by atoms with Crippen LogP contribution in [0.3, 0.4) is 0 Å². The van der Waals surface area contributed by atoms with Gasteiger partial charge in [-0.25, -0.2) is 0 Å². The van der Waals surface area contributed by atoms with Crippen LogP contribution >= 0.6 is 11.8 Å². The van der Waals surface area contributed by atoms with Crippen LogP contribution in [0.5, 0.6) is 11.5 Å². The van der Waals surface area contributed by atoms with E-state index in [0.717, 1.165) is 30.4 Å². The molecule has 1 atom stereocenters. The molecule has 0 spiro atoms. The molecule has 0 aromatic heterocycles. The molecule has 136 valence electrons. The zero-order valence-corrected chi connectivity index (χ0v) is 15.1. The molecule has 9 heteroatoms. The summed E-state index contributed by atoms with van der Waals surface area (Å²) >= 11 is 0.925. The molecule has 8 nitrogen and oxygen atoms in total. The predicted molar refractivity (Wildman–Crippen MR) is 98.2 cm³/mol. The lowest BCUT2D eigenvalue weighted by Gasteiger charge is -2.39. The van der Waals surface area contributed by atoms with E-state index in [1.807, 2.05) is 11.8 Å². The van der Waals surface area contributed by atoms with Crippen molar-refractivity contribution in [3.63, 3.8) is 0 Å². The summed E-state index contributed by atoms with van der Waals surface area (Å²) in [6.07, 6.45) is 0. The molecule has 5 N–H and O–H groups in total. The lowest BCUT2D eigenvalue weighted by molar-refractivity contribution is -0.117. The Labute approximate surface area is 150 Å². The topological polar surface area (TPSA) is 124 Å². The Morgan fingerprint density at radius 2 is 1.84 bits per heavy atom. The molecular formula is C16H23N5O3S. The van der Waals surface area contributed by atoms with E-state index in [9.17, 15) is 15.0 Å². The van der Waals surface area contributed by atoms with Crippen molar-refractivity contribution in [2.75, 3.05) is 26.2 Å². The quantitative estimate of drug-likeness (QED) is 0.307. The van der Waals surface area contributed by atoms with Crippen molar-refractivity contribution in [3.8, 4) is 11.5 Å². The Kier molecular flexibility index (Phi) is 6.27. The molecule has 0 bridgehead atoms. The van der Waals surface area contributed by atoms with Crippen molar-refractivity contribution >= 4 is 28.0 Å². The number of carbonyl (C=O) groups excluding carboxylic acids is 1. The molecule has 25 heavy (non-hydrogen) atoms. The molecule has 1 aliphatic heterocycles. The number of nitrogens with one attached hydrogen (secondary N) is 3. The third-order valence-electron chi connectivity index (χ3n) is 4.12. The van der Waals surface area contributed by atoms with Gasteiger partial charge >= 0.3 is 0 Å². The van der Waals surface area contributed by atoms with Crippen LogP contribution in [0.15, 0.2) is 18.2 Å². The van der Waals surface area contributed by atoms with Crippen molar-refractivity contribution in [2.24, 2.45) is 0 Å². The van der Waals surface area contributed by atoms with E-state index < -0.39 is 0 Å². The Balaban J connectivity index is 1.88. The Hall–Kier alpha value is -2.26. The summed E-state index contributed by atoms with van der Waals surface area (Å²) in [4.78, 5) is 15.0. The van der Waals surface area contributed by atoms with Gasteiger partial charge in [-0.3, -0.25) is 20.5 Å². The molecule has 1 aromatic rings. The van der Waals surface area contributed by atoms with Crippen LogP contribution < -0.4 is 5.32 Å². The molecule has 0 radical (unpaired) electrons. The molecule has 1 amide bonds. The molecule has 1 saturated heterocycles. The van der Waals surface area contributed by atoms with Crippen molar-refractivity contribution in [3.05, 3.63) is 23.8 Å². The predicted octanol–water partition coefficient (Wildman–Crippen LogP) is 1.52. The second kappa shape index (κ2) is 8.21. The highest BCUT2D eigenvalue weighted by atomic mass is 32.2. The fourth-order valence-electron chi connectivity index (χ4n) is 2.67. The number of phenolic OH excluding ortho intramolecular Hbond substituents is 2. The van der Waals surface area contributed by atoms with E-state index >= 15 is 0 Å². The van der Waals surface area contributed by atoms with Crippen molar-refractivity contribution in [1.29, 1.82) is 10.8 Å². The standard InChI is InChI=1S/C16H23N5O3S/c1-10(12-3-4-13(23)14(24)9-12)20-5-7-21(8-6-20)16(18)25-15(17)19-11(2)22/h3-4,9-10,18,23-24H,5-8H2,1-2H3,(H2,17,19,22). The summed E-state index contributed by atoms with van der Waals surface area (Å²) in [5, 5.41) is 37.3. The minimum absolute atomic E-state index is 0.0483. The van der Waals surface area contributed by atoms with Gasteiger partial charge in [0.25, 0.3) is 0 Å². The van der Waals surface area contributed by atoms with E-state index in [0.29, 0.717) is 13.1 Å². The van der Waals surface area contributed by atoms with Gasteiger partial charge in [-0.1, -0.05) is 6.07 Å². The SMILES string of the molecule is CC(=O)NC(=N)SC(=N)N1CCN(C(C)c2ccc(O)c(O)c2)CC1. The first-order chi connectivity index (χ1) is 11.8. The Morgan fingerprint density at radius 3 is 2.40 bits per heavy atom. The maximum Gasteiger partial charge on any atom is 0.222 e. The number of carbonyl (C=O) groups is 1. The van der Waals surface area contributed by atoms with Crippen LogP contribution in [0, 0.1) is 10.8 Å². The smallest absolute Gasteiger partial charge is 0.222 e. The lowest BCUT2D eigenvalue weighted by Crippen LogP contribution is -2.48. The largest absolute Gasteiger partial charge is 0.504 e. The number of hydrogen-bond acceptors (Lipinski definition) is 7. The molecule has 1 fully saturated rings. The molecular weight excluding hydrogens is 342 g/mol. The minimum Gasteiger partial charge on any atom is -0.504 e. The van der Waals surface area contributed by atoms with Crippen LogP contribution in [0.25, 0.3) is 0 Å². The first-order valence-electron chi connectivity index (χ1n) is 7.91. The van der Waals surface area contributed by atoms with Gasteiger partial charge in [0.05, 0.1) is 0 Å². The highest BCUT2D eigenvalue weighted by molar-refractivity contribution is 8.26. The van der Waals surface area contributed by atoms with E-state index in [4.69, 9.17) is 10.8 Å². The van der Waals surface area contributed by atoms with E-state index in [1.54, 1.807) is 12.1 Å². The summed E-state index contributed by atoms with van der Waals surface area (Å²) in [5.74, 6) is -0.577.